The molecule has 0 amide bonds. The van der Waals surface area contributed by atoms with Gasteiger partial charge in [-0.1, -0.05) is 28.9 Å². The van der Waals surface area contributed by atoms with Crippen molar-refractivity contribution in [1.82, 2.24) is 4.37 Å². The van der Waals surface area contributed by atoms with E-state index in [0.29, 0.717) is 0 Å². The molecule has 18 heavy (non-hydrogen) atoms. The molecule has 0 N–H and O–H groups in total. The van der Waals surface area contributed by atoms with Crippen LogP contribution >= 0.6 is 27.5 Å². The molecule has 1 nitrogen and oxygen atoms in total. The van der Waals surface area contributed by atoms with E-state index >= 15 is 0 Å². The second-order valence-corrected chi connectivity index (χ2v) is 6.33. The Morgan fingerprint density at radius 2 is 2.17 bits per heavy atom. The fraction of sp³-hybridized carbons (Fsp3) is 0.357. The summed E-state index contributed by atoms with van der Waals surface area (Å²) in [6, 6.07) is 7.10. The number of benzene rings is 1. The molecule has 1 unspecified atom stereocenters. The van der Waals surface area contributed by atoms with Gasteiger partial charge in [0, 0.05) is 16.1 Å². The number of alkyl halides is 1. The van der Waals surface area contributed by atoms with Crippen molar-refractivity contribution < 1.29 is 4.39 Å². The molecular weight excluding hydrogens is 313 g/mol. The number of hydrogen-bond acceptors (Lipinski definition) is 2. The van der Waals surface area contributed by atoms with Gasteiger partial charge < -0.3 is 0 Å². The zero-order valence-corrected chi connectivity index (χ0v) is 12.8. The highest BCUT2D eigenvalue weighted by atomic mass is 79.9. The summed E-state index contributed by atoms with van der Waals surface area (Å²) >= 11 is 5.13. The molecule has 1 atom stereocenters. The summed E-state index contributed by atoms with van der Waals surface area (Å²) in [5.74, 6) is -0.175. The number of hydrogen-bond donors (Lipinski definition) is 0. The first-order valence-electron chi connectivity index (χ1n) is 5.94. The van der Waals surface area contributed by atoms with E-state index in [1.807, 2.05) is 13.0 Å². The third-order valence-corrected chi connectivity index (χ3v) is 4.86. The van der Waals surface area contributed by atoms with Crippen molar-refractivity contribution >= 4 is 27.5 Å². The predicted octanol–water partition coefficient (Wildman–Crippen LogP) is 5.03. The number of rotatable bonds is 4. The second-order valence-electron chi connectivity index (χ2n) is 4.33. The summed E-state index contributed by atoms with van der Waals surface area (Å²) in [5, 5.41) is 0. The Hall–Kier alpha value is -0.740. The molecule has 4 heteroatoms. The number of aromatic nitrogens is 1. The van der Waals surface area contributed by atoms with Crippen LogP contribution in [0.4, 0.5) is 4.39 Å². The van der Waals surface area contributed by atoms with Crippen LogP contribution in [-0.4, -0.2) is 4.37 Å². The zero-order chi connectivity index (χ0) is 13.1. The summed E-state index contributed by atoms with van der Waals surface area (Å²) < 4.78 is 17.7. The van der Waals surface area contributed by atoms with Crippen LogP contribution in [0, 0.1) is 12.7 Å². The van der Waals surface area contributed by atoms with Gasteiger partial charge in [-0.15, -0.1) is 0 Å². The largest absolute Gasteiger partial charge is 0.207 e. The Morgan fingerprint density at radius 3 is 2.78 bits per heavy atom. The Kier molecular flexibility index (Phi) is 4.51. The molecule has 0 saturated carbocycles. The summed E-state index contributed by atoms with van der Waals surface area (Å²) in [4.78, 5) is 1.46. The molecule has 0 aliphatic carbocycles. The van der Waals surface area contributed by atoms with Crippen LogP contribution in [0.1, 0.15) is 39.9 Å². The Morgan fingerprint density at radius 1 is 1.39 bits per heavy atom. The lowest BCUT2D eigenvalue weighted by molar-refractivity contribution is 0.624. The Labute approximate surface area is 119 Å². The van der Waals surface area contributed by atoms with Crippen LogP contribution in [0.25, 0.3) is 0 Å². The average Bonchev–Trinajstić information content (AvgIpc) is 2.74. The van der Waals surface area contributed by atoms with Crippen molar-refractivity contribution in [3.63, 3.8) is 0 Å². The monoisotopic (exact) mass is 327 g/mol. The van der Waals surface area contributed by atoms with Gasteiger partial charge in [-0.25, -0.2) is 4.39 Å². The van der Waals surface area contributed by atoms with Crippen LogP contribution in [0.2, 0.25) is 0 Å². The first kappa shape index (κ1) is 13.7. The SMILES string of the molecule is CCC(Br)c1ccc(F)cc1Cc1cc(C)ns1. The summed E-state index contributed by atoms with van der Waals surface area (Å²) in [6.07, 6.45) is 1.74. The topological polar surface area (TPSA) is 12.9 Å². The van der Waals surface area contributed by atoms with Crippen molar-refractivity contribution in [2.75, 3.05) is 0 Å². The smallest absolute Gasteiger partial charge is 0.123 e. The maximum Gasteiger partial charge on any atom is 0.123 e. The van der Waals surface area contributed by atoms with Crippen molar-refractivity contribution in [3.05, 3.63) is 51.8 Å². The molecule has 0 spiro atoms. The average molecular weight is 328 g/mol. The fourth-order valence-electron chi connectivity index (χ4n) is 1.94. The highest BCUT2D eigenvalue weighted by Gasteiger charge is 2.12. The molecule has 1 aromatic carbocycles. The summed E-state index contributed by atoms with van der Waals surface area (Å²) in [6.45, 7) is 4.09. The summed E-state index contributed by atoms with van der Waals surface area (Å²) in [5.41, 5.74) is 3.24. The maximum absolute atomic E-state index is 13.4. The molecule has 1 aromatic heterocycles. The zero-order valence-electron chi connectivity index (χ0n) is 10.4. The van der Waals surface area contributed by atoms with Crippen LogP contribution < -0.4 is 0 Å². The molecule has 0 bridgehead atoms. The Balaban J connectivity index is 2.33. The van der Waals surface area contributed by atoms with Crippen molar-refractivity contribution in [2.24, 2.45) is 0 Å². The maximum atomic E-state index is 13.4. The van der Waals surface area contributed by atoms with Gasteiger partial charge in [0.1, 0.15) is 5.82 Å². The van der Waals surface area contributed by atoms with E-state index in [9.17, 15) is 4.39 Å². The normalized spacial score (nSPS) is 12.7. The lowest BCUT2D eigenvalue weighted by atomic mass is 10.00. The Bertz CT molecular complexity index is 538. The molecule has 0 aliphatic rings. The van der Waals surface area contributed by atoms with E-state index in [4.69, 9.17) is 0 Å². The number of halogens is 2. The van der Waals surface area contributed by atoms with Crippen LogP contribution in [0.3, 0.4) is 0 Å². The molecular formula is C14H15BrFNS. The van der Waals surface area contributed by atoms with Crippen LogP contribution in [-0.2, 0) is 6.42 Å². The molecule has 2 aromatic rings. The quantitative estimate of drug-likeness (QED) is 0.718. The van der Waals surface area contributed by atoms with Gasteiger partial charge in [-0.2, -0.15) is 4.37 Å². The molecule has 0 saturated heterocycles. The van der Waals surface area contributed by atoms with Gasteiger partial charge in [0.05, 0.1) is 5.69 Å². The van der Waals surface area contributed by atoms with E-state index in [1.165, 1.54) is 28.0 Å². The number of nitrogens with zero attached hydrogens (tertiary/aromatic N) is 1. The minimum Gasteiger partial charge on any atom is -0.207 e. The highest BCUT2D eigenvalue weighted by molar-refractivity contribution is 9.09. The molecule has 0 aliphatic heterocycles. The van der Waals surface area contributed by atoms with Gasteiger partial charge in [-0.05, 0) is 54.2 Å². The van der Waals surface area contributed by atoms with E-state index in [2.05, 4.69) is 33.3 Å². The first-order chi connectivity index (χ1) is 8.60. The molecule has 0 radical (unpaired) electrons. The van der Waals surface area contributed by atoms with Gasteiger partial charge >= 0.3 is 0 Å². The van der Waals surface area contributed by atoms with E-state index < -0.39 is 0 Å². The number of aryl methyl sites for hydroxylation is 1. The van der Waals surface area contributed by atoms with Gasteiger partial charge in [0.2, 0.25) is 0 Å². The first-order valence-corrected chi connectivity index (χ1v) is 7.63. The van der Waals surface area contributed by atoms with Crippen molar-refractivity contribution in [2.45, 2.75) is 31.5 Å². The lowest BCUT2D eigenvalue weighted by Crippen LogP contribution is -1.98. The third-order valence-electron chi connectivity index (χ3n) is 2.84. The molecule has 1 heterocycles. The fourth-order valence-corrected chi connectivity index (χ4v) is 3.14. The van der Waals surface area contributed by atoms with E-state index in [0.717, 1.165) is 24.1 Å². The predicted molar refractivity (Wildman–Crippen MR) is 78.0 cm³/mol. The van der Waals surface area contributed by atoms with Crippen LogP contribution in [0.15, 0.2) is 24.3 Å². The summed E-state index contributed by atoms with van der Waals surface area (Å²) in [7, 11) is 0. The molecule has 96 valence electrons. The van der Waals surface area contributed by atoms with Crippen molar-refractivity contribution in [1.29, 1.82) is 0 Å². The third kappa shape index (κ3) is 3.18. The van der Waals surface area contributed by atoms with Gasteiger partial charge in [-0.3, -0.25) is 0 Å². The van der Waals surface area contributed by atoms with Crippen molar-refractivity contribution in [3.8, 4) is 0 Å². The van der Waals surface area contributed by atoms with Gasteiger partial charge in [0.15, 0.2) is 0 Å². The molecule has 0 fully saturated rings. The molecule has 2 rings (SSSR count). The second kappa shape index (κ2) is 5.93. The minimum absolute atomic E-state index is 0.175. The lowest BCUT2D eigenvalue weighted by Gasteiger charge is -2.13. The van der Waals surface area contributed by atoms with E-state index in [1.54, 1.807) is 6.07 Å². The van der Waals surface area contributed by atoms with Gasteiger partial charge in [0.25, 0.3) is 0 Å². The minimum atomic E-state index is -0.175. The van der Waals surface area contributed by atoms with E-state index in [-0.39, 0.29) is 10.6 Å². The van der Waals surface area contributed by atoms with Crippen LogP contribution in [0.5, 0.6) is 0 Å². The standard InChI is InChI=1S/C14H15BrFNS/c1-3-14(15)13-5-4-11(16)7-10(13)8-12-6-9(2)17-18-12/h4-7,14H,3,8H2,1-2H3. The highest BCUT2D eigenvalue weighted by Crippen LogP contribution is 2.31.